The minimum atomic E-state index is -0.257. The Morgan fingerprint density at radius 2 is 1.68 bits per heavy atom. The smallest absolute Gasteiger partial charge is 0.261 e. The Hall–Kier alpha value is -3.66. The first-order valence-electron chi connectivity index (χ1n) is 9.11. The molecule has 0 bridgehead atoms. The van der Waals surface area contributed by atoms with Crippen LogP contribution in [-0.2, 0) is 0 Å². The number of amides is 1. The Kier molecular flexibility index (Phi) is 4.77. The number of aryl methyl sites for hydroxylation is 2. The number of hydrogen-bond acceptors (Lipinski definition) is 3. The zero-order valence-electron chi connectivity index (χ0n) is 15.8. The molecular formula is C24H20N2O2. The SMILES string of the molecule is Cc1cccc(NC(=O)c2cc3ccccc3oc2=Nc2ccccc2C)c1. The van der Waals surface area contributed by atoms with E-state index in [2.05, 4.69) is 10.3 Å². The summed E-state index contributed by atoms with van der Waals surface area (Å²) in [5, 5.41) is 3.79. The van der Waals surface area contributed by atoms with Gasteiger partial charge in [0.2, 0.25) is 5.55 Å². The van der Waals surface area contributed by atoms with E-state index in [1.807, 2.05) is 92.7 Å². The molecule has 1 amide bonds. The molecule has 1 N–H and O–H groups in total. The van der Waals surface area contributed by atoms with Gasteiger partial charge in [-0.2, -0.15) is 0 Å². The predicted octanol–water partition coefficient (Wildman–Crippen LogP) is 5.53. The fourth-order valence-corrected chi connectivity index (χ4v) is 3.03. The molecule has 1 heterocycles. The summed E-state index contributed by atoms with van der Waals surface area (Å²) in [6.45, 7) is 3.96. The molecule has 0 aliphatic rings. The van der Waals surface area contributed by atoms with Crippen molar-refractivity contribution in [3.8, 4) is 0 Å². The maximum Gasteiger partial charge on any atom is 0.261 e. The van der Waals surface area contributed by atoms with Crippen LogP contribution >= 0.6 is 0 Å². The third-order valence-electron chi connectivity index (χ3n) is 4.51. The van der Waals surface area contributed by atoms with Crippen LogP contribution in [0.3, 0.4) is 0 Å². The molecule has 0 fully saturated rings. The van der Waals surface area contributed by atoms with Gasteiger partial charge in [-0.15, -0.1) is 0 Å². The van der Waals surface area contributed by atoms with Gasteiger partial charge in [0, 0.05) is 11.1 Å². The first kappa shape index (κ1) is 17.7. The van der Waals surface area contributed by atoms with Gasteiger partial charge in [0.15, 0.2) is 0 Å². The van der Waals surface area contributed by atoms with E-state index in [4.69, 9.17) is 4.42 Å². The normalized spacial score (nSPS) is 11.6. The minimum absolute atomic E-state index is 0.257. The van der Waals surface area contributed by atoms with E-state index in [1.165, 1.54) is 0 Å². The molecule has 0 aliphatic carbocycles. The molecule has 4 nitrogen and oxygen atoms in total. The van der Waals surface area contributed by atoms with E-state index in [1.54, 1.807) is 0 Å². The average Bonchev–Trinajstić information content (AvgIpc) is 2.69. The van der Waals surface area contributed by atoms with Crippen molar-refractivity contribution in [1.29, 1.82) is 0 Å². The van der Waals surface area contributed by atoms with Crippen LogP contribution in [0.4, 0.5) is 11.4 Å². The molecule has 4 heteroatoms. The van der Waals surface area contributed by atoms with Crippen molar-refractivity contribution >= 4 is 28.3 Å². The highest BCUT2D eigenvalue weighted by atomic mass is 16.3. The summed E-state index contributed by atoms with van der Waals surface area (Å²) in [5.74, 6) is -0.257. The lowest BCUT2D eigenvalue weighted by Gasteiger charge is -2.08. The third-order valence-corrected chi connectivity index (χ3v) is 4.51. The van der Waals surface area contributed by atoms with Crippen LogP contribution in [0.5, 0.6) is 0 Å². The number of hydrogen-bond donors (Lipinski definition) is 1. The van der Waals surface area contributed by atoms with Gasteiger partial charge >= 0.3 is 0 Å². The Morgan fingerprint density at radius 1 is 0.893 bits per heavy atom. The summed E-state index contributed by atoms with van der Waals surface area (Å²) < 4.78 is 6.01. The Labute approximate surface area is 163 Å². The largest absolute Gasteiger partial charge is 0.438 e. The zero-order valence-corrected chi connectivity index (χ0v) is 15.8. The quantitative estimate of drug-likeness (QED) is 0.516. The molecule has 1 aromatic heterocycles. The summed E-state index contributed by atoms with van der Waals surface area (Å²) >= 11 is 0. The molecule has 0 saturated carbocycles. The van der Waals surface area contributed by atoms with E-state index in [0.717, 1.165) is 27.9 Å². The van der Waals surface area contributed by atoms with Gasteiger partial charge in [0.1, 0.15) is 11.1 Å². The number of nitrogens with one attached hydrogen (secondary N) is 1. The number of fused-ring (bicyclic) bond motifs is 1. The zero-order chi connectivity index (χ0) is 19.5. The van der Waals surface area contributed by atoms with E-state index in [9.17, 15) is 4.79 Å². The van der Waals surface area contributed by atoms with Gasteiger partial charge in [-0.05, 0) is 55.3 Å². The van der Waals surface area contributed by atoms with Crippen LogP contribution in [-0.4, -0.2) is 5.91 Å². The van der Waals surface area contributed by atoms with Crippen molar-refractivity contribution < 1.29 is 9.21 Å². The number of para-hydroxylation sites is 2. The van der Waals surface area contributed by atoms with E-state index < -0.39 is 0 Å². The van der Waals surface area contributed by atoms with Crippen molar-refractivity contribution in [2.24, 2.45) is 4.99 Å². The van der Waals surface area contributed by atoms with Crippen LogP contribution in [0, 0.1) is 13.8 Å². The van der Waals surface area contributed by atoms with Gasteiger partial charge in [-0.3, -0.25) is 4.79 Å². The highest BCUT2D eigenvalue weighted by Gasteiger charge is 2.13. The average molecular weight is 368 g/mol. The summed E-state index contributed by atoms with van der Waals surface area (Å²) in [6, 6.07) is 24.9. The summed E-state index contributed by atoms with van der Waals surface area (Å²) in [6.07, 6.45) is 0. The molecule has 4 rings (SSSR count). The summed E-state index contributed by atoms with van der Waals surface area (Å²) in [5.41, 5.74) is 4.96. The predicted molar refractivity (Wildman–Crippen MR) is 112 cm³/mol. The fraction of sp³-hybridized carbons (Fsp3) is 0.0833. The van der Waals surface area contributed by atoms with E-state index in [-0.39, 0.29) is 11.5 Å². The highest BCUT2D eigenvalue weighted by molar-refractivity contribution is 6.05. The second-order valence-electron chi connectivity index (χ2n) is 6.72. The maximum atomic E-state index is 13.0. The Balaban J connectivity index is 1.86. The van der Waals surface area contributed by atoms with Crippen molar-refractivity contribution in [3.05, 3.63) is 101 Å². The van der Waals surface area contributed by atoms with Crippen LogP contribution in [0.2, 0.25) is 0 Å². The second kappa shape index (κ2) is 7.53. The fourth-order valence-electron chi connectivity index (χ4n) is 3.03. The Bertz CT molecular complexity index is 1240. The number of carbonyl (C=O) groups excluding carboxylic acids is 1. The minimum Gasteiger partial charge on any atom is -0.438 e. The number of carbonyl (C=O) groups is 1. The molecule has 0 unspecified atom stereocenters. The molecule has 138 valence electrons. The number of rotatable bonds is 3. The lowest BCUT2D eigenvalue weighted by molar-refractivity contribution is 0.102. The lowest BCUT2D eigenvalue weighted by atomic mass is 10.1. The monoisotopic (exact) mass is 368 g/mol. The van der Waals surface area contributed by atoms with E-state index >= 15 is 0 Å². The topological polar surface area (TPSA) is 54.6 Å². The first-order chi connectivity index (χ1) is 13.6. The van der Waals surface area contributed by atoms with Crippen LogP contribution in [0.1, 0.15) is 21.5 Å². The maximum absolute atomic E-state index is 13.0. The summed E-state index contributed by atoms with van der Waals surface area (Å²) in [4.78, 5) is 17.7. The molecular weight excluding hydrogens is 348 g/mol. The molecule has 0 spiro atoms. The molecule has 0 aliphatic heterocycles. The van der Waals surface area contributed by atoms with Crippen LogP contribution in [0.25, 0.3) is 11.0 Å². The molecule has 0 saturated heterocycles. The highest BCUT2D eigenvalue weighted by Crippen LogP contribution is 2.19. The Morgan fingerprint density at radius 3 is 2.50 bits per heavy atom. The van der Waals surface area contributed by atoms with Gasteiger partial charge in [-0.25, -0.2) is 4.99 Å². The first-order valence-corrected chi connectivity index (χ1v) is 9.11. The second-order valence-corrected chi connectivity index (χ2v) is 6.72. The number of anilines is 1. The lowest BCUT2D eigenvalue weighted by Crippen LogP contribution is -2.21. The van der Waals surface area contributed by atoms with Gasteiger partial charge in [0.25, 0.3) is 5.91 Å². The number of nitrogens with zero attached hydrogens (tertiary/aromatic N) is 1. The van der Waals surface area contributed by atoms with Crippen molar-refractivity contribution in [3.63, 3.8) is 0 Å². The van der Waals surface area contributed by atoms with Gasteiger partial charge < -0.3 is 9.73 Å². The third kappa shape index (κ3) is 3.71. The van der Waals surface area contributed by atoms with Crippen molar-refractivity contribution in [2.45, 2.75) is 13.8 Å². The van der Waals surface area contributed by atoms with Gasteiger partial charge in [0.05, 0.1) is 5.69 Å². The standard InChI is InChI=1S/C24H20N2O2/c1-16-8-7-11-19(14-16)25-23(27)20-15-18-10-4-6-13-22(18)28-24(20)26-21-12-5-3-9-17(21)2/h3-15H,1-2H3,(H,25,27). The van der Waals surface area contributed by atoms with Gasteiger partial charge in [-0.1, -0.05) is 48.5 Å². The van der Waals surface area contributed by atoms with E-state index in [0.29, 0.717) is 11.1 Å². The van der Waals surface area contributed by atoms with Crippen LogP contribution < -0.4 is 10.9 Å². The van der Waals surface area contributed by atoms with Crippen molar-refractivity contribution in [2.75, 3.05) is 5.32 Å². The molecule has 0 atom stereocenters. The molecule has 0 radical (unpaired) electrons. The molecule has 28 heavy (non-hydrogen) atoms. The molecule has 4 aromatic rings. The summed E-state index contributed by atoms with van der Waals surface area (Å²) in [7, 11) is 0. The molecule has 3 aromatic carbocycles. The van der Waals surface area contributed by atoms with Crippen molar-refractivity contribution in [1.82, 2.24) is 0 Å². The number of benzene rings is 3. The van der Waals surface area contributed by atoms with Crippen LogP contribution in [0.15, 0.2) is 88.3 Å².